The van der Waals surface area contributed by atoms with Gasteiger partial charge < -0.3 is 5.11 Å². The molecule has 1 aliphatic heterocycles. The van der Waals surface area contributed by atoms with Crippen LogP contribution in [0.5, 0.6) is 0 Å². The van der Waals surface area contributed by atoms with Crippen molar-refractivity contribution in [3.63, 3.8) is 0 Å². The molecule has 1 amide bonds. The van der Waals surface area contributed by atoms with Crippen LogP contribution < -0.4 is 0 Å². The minimum absolute atomic E-state index is 0.137. The summed E-state index contributed by atoms with van der Waals surface area (Å²) >= 11 is 0. The van der Waals surface area contributed by atoms with Crippen molar-refractivity contribution in [2.75, 3.05) is 0 Å². The molecule has 0 radical (unpaired) electrons. The van der Waals surface area contributed by atoms with Crippen LogP contribution in [0.2, 0.25) is 0 Å². The van der Waals surface area contributed by atoms with E-state index < -0.39 is 24.2 Å². The Morgan fingerprint density at radius 2 is 2.18 bits per heavy atom. The fourth-order valence-electron chi connectivity index (χ4n) is 1.69. The lowest BCUT2D eigenvalue weighted by Gasteiger charge is -2.31. The lowest BCUT2D eigenvalue weighted by molar-refractivity contribution is -0.302. The molecule has 0 saturated carbocycles. The SMILES string of the molecule is CCCCC1=NN(C(C)=O)[C@@](O)(C(F)(F)F)C1. The number of carbonyl (C=O) groups excluding carboxylic acids is 1. The summed E-state index contributed by atoms with van der Waals surface area (Å²) < 4.78 is 38.2. The molecule has 0 saturated heterocycles. The Morgan fingerprint density at radius 3 is 2.53 bits per heavy atom. The second-order valence-electron chi connectivity index (χ2n) is 4.09. The highest BCUT2D eigenvalue weighted by atomic mass is 19.4. The smallest absolute Gasteiger partial charge is 0.362 e. The number of halogens is 3. The van der Waals surface area contributed by atoms with E-state index in [9.17, 15) is 23.1 Å². The van der Waals surface area contributed by atoms with Gasteiger partial charge in [-0.25, -0.2) is 0 Å². The molecule has 0 aliphatic carbocycles. The first-order chi connectivity index (χ1) is 7.72. The van der Waals surface area contributed by atoms with Gasteiger partial charge in [-0.2, -0.15) is 23.3 Å². The molecule has 0 aromatic carbocycles. The first-order valence-electron chi connectivity index (χ1n) is 5.38. The van der Waals surface area contributed by atoms with E-state index in [0.29, 0.717) is 12.8 Å². The molecule has 0 bridgehead atoms. The Bertz CT molecular complexity index is 341. The summed E-state index contributed by atoms with van der Waals surface area (Å²) in [5, 5.41) is 13.3. The van der Waals surface area contributed by atoms with Crippen molar-refractivity contribution in [2.24, 2.45) is 5.10 Å². The molecule has 1 aliphatic rings. The van der Waals surface area contributed by atoms with E-state index in [4.69, 9.17) is 0 Å². The second kappa shape index (κ2) is 4.64. The summed E-state index contributed by atoms with van der Waals surface area (Å²) in [5.74, 6) is -0.920. The fraction of sp³-hybridized carbons (Fsp3) is 0.800. The summed E-state index contributed by atoms with van der Waals surface area (Å²) in [6.45, 7) is 2.84. The predicted molar refractivity (Wildman–Crippen MR) is 55.1 cm³/mol. The third-order valence-electron chi connectivity index (χ3n) is 2.61. The van der Waals surface area contributed by atoms with Crippen molar-refractivity contribution in [1.29, 1.82) is 0 Å². The van der Waals surface area contributed by atoms with Gasteiger partial charge in [0, 0.05) is 19.1 Å². The molecule has 1 heterocycles. The largest absolute Gasteiger partial charge is 0.438 e. The maximum Gasteiger partial charge on any atom is 0.438 e. The van der Waals surface area contributed by atoms with Crippen LogP contribution in [0.15, 0.2) is 5.10 Å². The van der Waals surface area contributed by atoms with Gasteiger partial charge in [-0.05, 0) is 12.8 Å². The number of nitrogens with zero attached hydrogens (tertiary/aromatic N) is 2. The number of hydrazone groups is 1. The van der Waals surface area contributed by atoms with E-state index in [1.54, 1.807) is 0 Å². The Balaban J connectivity index is 2.93. The Hall–Kier alpha value is -1.11. The third kappa shape index (κ3) is 2.59. The minimum atomic E-state index is -4.91. The highest BCUT2D eigenvalue weighted by Crippen LogP contribution is 2.40. The Kier molecular flexibility index (Phi) is 3.81. The average Bonchev–Trinajstić information content (AvgIpc) is 2.53. The number of hydrogen-bond acceptors (Lipinski definition) is 3. The van der Waals surface area contributed by atoms with Crippen LogP contribution in [0.1, 0.15) is 39.5 Å². The quantitative estimate of drug-likeness (QED) is 0.835. The van der Waals surface area contributed by atoms with E-state index >= 15 is 0 Å². The van der Waals surface area contributed by atoms with Crippen LogP contribution >= 0.6 is 0 Å². The lowest BCUT2D eigenvalue weighted by atomic mass is 10.0. The van der Waals surface area contributed by atoms with Crippen LogP contribution in [0, 0.1) is 0 Å². The molecule has 0 unspecified atom stereocenters. The van der Waals surface area contributed by atoms with Gasteiger partial charge in [-0.1, -0.05) is 13.3 Å². The number of unbranched alkanes of at least 4 members (excludes halogenated alkanes) is 1. The van der Waals surface area contributed by atoms with Gasteiger partial charge in [0.25, 0.3) is 5.72 Å². The minimum Gasteiger partial charge on any atom is -0.362 e. The zero-order chi connectivity index (χ0) is 13.3. The molecule has 0 aromatic heterocycles. The Morgan fingerprint density at radius 1 is 1.59 bits per heavy atom. The van der Waals surface area contributed by atoms with E-state index in [0.717, 1.165) is 13.3 Å². The van der Waals surface area contributed by atoms with Gasteiger partial charge >= 0.3 is 6.18 Å². The molecule has 17 heavy (non-hydrogen) atoms. The number of alkyl halides is 3. The van der Waals surface area contributed by atoms with E-state index in [1.165, 1.54) is 0 Å². The number of rotatable bonds is 3. The average molecular weight is 252 g/mol. The predicted octanol–water partition coefficient (Wildman–Crippen LogP) is 2.04. The normalized spacial score (nSPS) is 25.1. The van der Waals surface area contributed by atoms with Crippen molar-refractivity contribution in [3.05, 3.63) is 0 Å². The van der Waals surface area contributed by atoms with Crippen LogP contribution in [-0.2, 0) is 4.79 Å². The maximum atomic E-state index is 12.7. The lowest BCUT2D eigenvalue weighted by Crippen LogP contribution is -2.56. The number of amides is 1. The standard InChI is InChI=1S/C10H15F3N2O2/c1-3-4-5-8-6-9(17,10(11,12)13)15(14-8)7(2)16/h17H,3-6H2,1-2H3/t9-/m0/s1. The van der Waals surface area contributed by atoms with Gasteiger partial charge in [0.05, 0.1) is 0 Å². The highest BCUT2D eigenvalue weighted by molar-refractivity contribution is 5.90. The third-order valence-corrected chi connectivity index (χ3v) is 2.61. The van der Waals surface area contributed by atoms with Gasteiger partial charge in [0.1, 0.15) is 0 Å². The monoisotopic (exact) mass is 252 g/mol. The summed E-state index contributed by atoms with van der Waals surface area (Å²) in [4.78, 5) is 11.1. The van der Waals surface area contributed by atoms with E-state index in [1.807, 2.05) is 6.92 Å². The van der Waals surface area contributed by atoms with Gasteiger partial charge in [0.15, 0.2) is 0 Å². The maximum absolute atomic E-state index is 12.7. The zero-order valence-corrected chi connectivity index (χ0v) is 9.71. The van der Waals surface area contributed by atoms with Crippen LogP contribution in [0.4, 0.5) is 13.2 Å². The topological polar surface area (TPSA) is 52.9 Å². The summed E-state index contributed by atoms with van der Waals surface area (Å²) in [5.41, 5.74) is -2.97. The van der Waals surface area contributed by atoms with Crippen LogP contribution in [0.3, 0.4) is 0 Å². The van der Waals surface area contributed by atoms with Crippen molar-refractivity contribution >= 4 is 11.6 Å². The van der Waals surface area contributed by atoms with Crippen LogP contribution in [0.25, 0.3) is 0 Å². The molecular formula is C10H15F3N2O2. The van der Waals surface area contributed by atoms with Crippen LogP contribution in [-0.4, -0.2) is 33.6 Å². The van der Waals surface area contributed by atoms with Crippen molar-refractivity contribution in [1.82, 2.24) is 5.01 Å². The molecule has 0 aromatic rings. The summed E-state index contributed by atoms with van der Waals surface area (Å²) in [7, 11) is 0. The van der Waals surface area contributed by atoms with Crippen molar-refractivity contribution in [3.8, 4) is 0 Å². The first-order valence-corrected chi connectivity index (χ1v) is 5.38. The molecule has 98 valence electrons. The van der Waals surface area contributed by atoms with Gasteiger partial charge in [0.2, 0.25) is 5.91 Å². The van der Waals surface area contributed by atoms with Gasteiger partial charge in [-0.15, -0.1) is 0 Å². The molecule has 1 rings (SSSR count). The fourth-order valence-corrected chi connectivity index (χ4v) is 1.69. The van der Waals surface area contributed by atoms with E-state index in [2.05, 4.69) is 5.10 Å². The number of aliphatic hydroxyl groups is 1. The summed E-state index contributed by atoms with van der Waals surface area (Å²) in [6, 6.07) is 0. The molecule has 0 spiro atoms. The first kappa shape index (κ1) is 14.0. The zero-order valence-electron chi connectivity index (χ0n) is 9.71. The molecule has 1 atom stereocenters. The van der Waals surface area contributed by atoms with E-state index in [-0.39, 0.29) is 10.7 Å². The van der Waals surface area contributed by atoms with Crippen molar-refractivity contribution in [2.45, 2.75) is 51.4 Å². The highest BCUT2D eigenvalue weighted by Gasteiger charge is 2.62. The molecule has 1 N–H and O–H groups in total. The molecule has 4 nitrogen and oxygen atoms in total. The molecule has 7 heteroatoms. The van der Waals surface area contributed by atoms with Gasteiger partial charge in [-0.3, -0.25) is 4.79 Å². The number of hydrogen-bond donors (Lipinski definition) is 1. The second-order valence-corrected chi connectivity index (χ2v) is 4.09. The summed E-state index contributed by atoms with van der Waals surface area (Å²) in [6.07, 6.45) is -3.72. The molecular weight excluding hydrogens is 237 g/mol. The Labute approximate surface area is 97.1 Å². The van der Waals surface area contributed by atoms with Crippen molar-refractivity contribution < 1.29 is 23.1 Å². The molecule has 0 fully saturated rings. The number of carbonyl (C=O) groups is 1.